The molecule has 1 unspecified atom stereocenters. The molecule has 0 radical (unpaired) electrons. The van der Waals surface area contributed by atoms with Gasteiger partial charge in [-0.1, -0.05) is 0 Å². The van der Waals surface area contributed by atoms with Crippen molar-refractivity contribution in [2.24, 2.45) is 5.41 Å². The third kappa shape index (κ3) is 3.47. The minimum Gasteiger partial charge on any atom is -0.147 e. The van der Waals surface area contributed by atoms with E-state index in [2.05, 4.69) is 112 Å². The first-order chi connectivity index (χ1) is 13.9. The van der Waals surface area contributed by atoms with Gasteiger partial charge in [0.2, 0.25) is 0 Å². The Kier molecular flexibility index (Phi) is 6.70. The maximum atomic E-state index is 2.58. The van der Waals surface area contributed by atoms with E-state index in [4.69, 9.17) is 0 Å². The van der Waals surface area contributed by atoms with Crippen LogP contribution in [0.5, 0.6) is 0 Å². The van der Waals surface area contributed by atoms with Crippen molar-refractivity contribution < 1.29 is 23.2 Å². The predicted molar refractivity (Wildman–Crippen MR) is 134 cm³/mol. The van der Waals surface area contributed by atoms with Gasteiger partial charge in [0, 0.05) is 0 Å². The summed E-state index contributed by atoms with van der Waals surface area (Å²) in [5.74, 6) is 0. The van der Waals surface area contributed by atoms with Gasteiger partial charge in [-0.2, -0.15) is 0 Å². The van der Waals surface area contributed by atoms with Crippen molar-refractivity contribution in [2.75, 3.05) is 0 Å². The third-order valence-corrected chi connectivity index (χ3v) is 12.9. The number of hydrogen-bond acceptors (Lipinski definition) is 0. The van der Waals surface area contributed by atoms with E-state index in [0.717, 1.165) is 0 Å². The molecule has 160 valence electrons. The number of fused-ring (bicyclic) bond motifs is 2. The van der Waals surface area contributed by atoms with Crippen LogP contribution in [0.4, 0.5) is 0 Å². The summed E-state index contributed by atoms with van der Waals surface area (Å²) in [7, 11) is 0. The molecule has 2 aliphatic rings. The monoisotopic (exact) mass is 527 g/mol. The number of hydrogen-bond donors (Lipinski definition) is 0. The van der Waals surface area contributed by atoms with Crippen molar-refractivity contribution in [2.45, 2.75) is 37.9 Å². The average molecular weight is 530 g/mol. The van der Waals surface area contributed by atoms with Gasteiger partial charge in [-0.15, -0.1) is 24.8 Å². The smallest absolute Gasteiger partial charge is 0.147 e. The van der Waals surface area contributed by atoms with Crippen molar-refractivity contribution in [3.8, 4) is 0 Å². The van der Waals surface area contributed by atoms with Gasteiger partial charge in [-0.3, -0.25) is 0 Å². The van der Waals surface area contributed by atoms with Crippen LogP contribution < -0.4 is 0 Å². The summed E-state index contributed by atoms with van der Waals surface area (Å²) < 4.78 is 4.29. The Balaban J connectivity index is 0.00000136. The fourth-order valence-electron chi connectivity index (χ4n) is 5.09. The molecule has 1 aromatic heterocycles. The minimum atomic E-state index is -1.09. The summed E-state index contributed by atoms with van der Waals surface area (Å²) in [4.78, 5) is 0. The van der Waals surface area contributed by atoms with Crippen LogP contribution in [0.15, 0.2) is 86.9 Å². The summed E-state index contributed by atoms with van der Waals surface area (Å²) in [5, 5.41) is 1.32. The van der Waals surface area contributed by atoms with E-state index in [-0.39, 0.29) is 33.5 Å². The van der Waals surface area contributed by atoms with Gasteiger partial charge in [0.05, 0.1) is 0 Å². The Morgan fingerprint density at radius 2 is 1.48 bits per heavy atom. The molecule has 0 spiro atoms. The Labute approximate surface area is 209 Å². The van der Waals surface area contributed by atoms with E-state index in [1.54, 1.807) is 14.4 Å². The molecule has 2 aliphatic carbocycles. The topological polar surface area (TPSA) is 4.93 Å². The molecular weight excluding hydrogens is 500 g/mol. The zero-order valence-electron chi connectivity index (χ0n) is 18.7. The second kappa shape index (κ2) is 8.55. The van der Waals surface area contributed by atoms with Gasteiger partial charge >= 0.3 is 186 Å². The van der Waals surface area contributed by atoms with Crippen LogP contribution in [-0.2, 0) is 26.5 Å². The van der Waals surface area contributed by atoms with Gasteiger partial charge in [-0.05, 0) is 0 Å². The first-order valence-corrected chi connectivity index (χ1v) is 12.9. The summed E-state index contributed by atoms with van der Waals surface area (Å²) in [6, 6.07) is 20.1. The van der Waals surface area contributed by atoms with Crippen LogP contribution in [0.1, 0.15) is 45.7 Å². The number of aromatic nitrogens is 1. The Morgan fingerprint density at radius 1 is 0.806 bits per heavy atom. The number of nitrogens with zero attached hydrogens (tertiary/aromatic N) is 1. The number of rotatable bonds is 3. The van der Waals surface area contributed by atoms with Crippen molar-refractivity contribution in [3.63, 3.8) is 0 Å². The zero-order valence-corrected chi connectivity index (χ0v) is 22.8. The van der Waals surface area contributed by atoms with E-state index in [1.807, 2.05) is 0 Å². The molecule has 31 heavy (non-hydrogen) atoms. The predicted octanol–water partition coefficient (Wildman–Crippen LogP) is 7.95. The second-order valence-corrected chi connectivity index (χ2v) is 12.6. The molecule has 0 saturated carbocycles. The molecule has 0 amide bonds. The van der Waals surface area contributed by atoms with Crippen molar-refractivity contribution >= 4 is 41.8 Å². The summed E-state index contributed by atoms with van der Waals surface area (Å²) in [6.07, 6.45) is 7.19. The average Bonchev–Trinajstić information content (AvgIpc) is 3.36. The van der Waals surface area contributed by atoms with E-state index < -0.39 is 23.2 Å². The van der Waals surface area contributed by atoms with Crippen LogP contribution in [0.2, 0.25) is 0 Å². The molecule has 1 heterocycles. The SMILES string of the molecule is CC1=C(C)C(C)(C)[C]([Zr][C]2(n3ccc4ccccc43)C=Cc3ccccc32)=C1C.Cl.Cl. The Bertz CT molecular complexity index is 1240. The maximum Gasteiger partial charge on any atom is -0.147 e. The largest absolute Gasteiger partial charge is 0.147 e. The van der Waals surface area contributed by atoms with Crippen LogP contribution in [0.25, 0.3) is 17.0 Å². The molecule has 0 aliphatic heterocycles. The molecule has 5 rings (SSSR count). The standard InChI is InChI=1S/C17H12N.C10H15.2ClH.Zr/c1-3-7-15-13(5-1)9-10-17(15)18-12-11-14-6-2-4-8-16(14)18;1-7-6-10(4,5)9(3)8(7)2;;;/h1-12H;1-5H3;2*1H;. The van der Waals surface area contributed by atoms with Gasteiger partial charge in [0.15, 0.2) is 0 Å². The van der Waals surface area contributed by atoms with Crippen LogP contribution >= 0.6 is 24.8 Å². The number of allylic oxidation sites excluding steroid dienone is 5. The molecule has 0 saturated heterocycles. The molecule has 1 atom stereocenters. The number of halogens is 2. The van der Waals surface area contributed by atoms with Crippen molar-refractivity contribution in [1.82, 2.24) is 4.57 Å². The summed E-state index contributed by atoms with van der Waals surface area (Å²) >= 11 is -1.09. The molecule has 0 N–H and O–H groups in total. The van der Waals surface area contributed by atoms with Gasteiger partial charge in [0.1, 0.15) is 0 Å². The van der Waals surface area contributed by atoms with Crippen molar-refractivity contribution in [3.05, 3.63) is 98.0 Å². The number of benzene rings is 2. The Hall–Kier alpha value is -1.34. The minimum absolute atomic E-state index is 0. The van der Waals surface area contributed by atoms with Crippen LogP contribution in [0.3, 0.4) is 0 Å². The number of para-hydroxylation sites is 1. The third-order valence-electron chi connectivity index (χ3n) is 7.23. The zero-order chi connectivity index (χ0) is 20.4. The van der Waals surface area contributed by atoms with Crippen LogP contribution in [-0.4, -0.2) is 4.57 Å². The van der Waals surface area contributed by atoms with E-state index in [1.165, 1.54) is 27.6 Å². The normalized spacial score (nSPS) is 21.2. The van der Waals surface area contributed by atoms with Gasteiger partial charge < -0.3 is 0 Å². The van der Waals surface area contributed by atoms with Gasteiger partial charge in [0.25, 0.3) is 0 Å². The molecule has 3 aromatic rings. The quantitative estimate of drug-likeness (QED) is 0.325. The molecule has 0 bridgehead atoms. The molecule has 0 fully saturated rings. The van der Waals surface area contributed by atoms with E-state index >= 15 is 0 Å². The van der Waals surface area contributed by atoms with E-state index in [0.29, 0.717) is 0 Å². The van der Waals surface area contributed by atoms with E-state index in [9.17, 15) is 0 Å². The molecule has 2 aromatic carbocycles. The summed E-state index contributed by atoms with van der Waals surface area (Å²) in [6.45, 7) is 11.9. The maximum absolute atomic E-state index is 2.58. The molecular formula is C27H29Cl2NZr. The first-order valence-electron chi connectivity index (χ1n) is 10.4. The Morgan fingerprint density at radius 3 is 2.19 bits per heavy atom. The van der Waals surface area contributed by atoms with Crippen LogP contribution in [0, 0.1) is 5.41 Å². The fraction of sp³-hybridized carbons (Fsp3) is 0.259. The second-order valence-electron chi connectivity index (χ2n) is 8.93. The van der Waals surface area contributed by atoms with Crippen molar-refractivity contribution in [1.29, 1.82) is 0 Å². The van der Waals surface area contributed by atoms with Gasteiger partial charge in [-0.25, -0.2) is 0 Å². The fourth-order valence-corrected chi connectivity index (χ4v) is 10.3. The molecule has 1 nitrogen and oxygen atoms in total. The summed E-state index contributed by atoms with van der Waals surface area (Å²) in [5.41, 5.74) is 8.97. The molecule has 4 heteroatoms. The first kappa shape index (κ1) is 24.3.